The molecule has 2 aromatic carbocycles. The highest BCUT2D eigenvalue weighted by Crippen LogP contribution is 2.25. The van der Waals surface area contributed by atoms with Gasteiger partial charge in [-0.05, 0) is 41.6 Å². The molecule has 6 heteroatoms. The van der Waals surface area contributed by atoms with E-state index in [0.29, 0.717) is 32.5 Å². The van der Waals surface area contributed by atoms with Gasteiger partial charge in [0.1, 0.15) is 5.82 Å². The van der Waals surface area contributed by atoms with Crippen LogP contribution in [0.4, 0.5) is 4.39 Å². The first-order valence-corrected chi connectivity index (χ1v) is 10.2. The fraction of sp³-hybridized carbons (Fsp3) is 0.273. The second-order valence-electron chi connectivity index (χ2n) is 7.11. The molecule has 0 spiro atoms. The number of likely N-dealkylation sites (tertiary alicyclic amines) is 1. The number of amides is 2. The van der Waals surface area contributed by atoms with Crippen molar-refractivity contribution < 1.29 is 14.0 Å². The van der Waals surface area contributed by atoms with E-state index in [4.69, 9.17) is 0 Å². The largest absolute Gasteiger partial charge is 0.351 e. The first kappa shape index (κ1) is 18.6. The number of carbonyl (C=O) groups is 2. The number of fused-ring (bicyclic) bond motifs is 1. The quantitative estimate of drug-likeness (QED) is 0.706. The summed E-state index contributed by atoms with van der Waals surface area (Å²) in [5.74, 6) is -0.577. The molecule has 28 heavy (non-hydrogen) atoms. The van der Waals surface area contributed by atoms with Crippen LogP contribution in [0.1, 0.15) is 23.3 Å². The minimum Gasteiger partial charge on any atom is -0.351 e. The molecule has 144 valence electrons. The summed E-state index contributed by atoms with van der Waals surface area (Å²) in [6, 6.07) is 16.5. The lowest BCUT2D eigenvalue weighted by Gasteiger charge is -2.32. The number of halogens is 1. The molecule has 0 radical (unpaired) electrons. The fourth-order valence-corrected chi connectivity index (χ4v) is 4.58. The second kappa shape index (κ2) is 8.10. The van der Waals surface area contributed by atoms with Gasteiger partial charge < -0.3 is 10.2 Å². The molecule has 0 aliphatic carbocycles. The van der Waals surface area contributed by atoms with E-state index in [0.717, 1.165) is 10.4 Å². The molecular formula is C22H21FN2O2S. The van der Waals surface area contributed by atoms with Gasteiger partial charge in [0.15, 0.2) is 0 Å². The van der Waals surface area contributed by atoms with Crippen LogP contribution in [0, 0.1) is 11.7 Å². The van der Waals surface area contributed by atoms with Gasteiger partial charge in [-0.15, -0.1) is 11.3 Å². The van der Waals surface area contributed by atoms with E-state index >= 15 is 0 Å². The van der Waals surface area contributed by atoms with E-state index < -0.39 is 0 Å². The molecule has 1 saturated heterocycles. The maximum absolute atomic E-state index is 13.4. The highest BCUT2D eigenvalue weighted by Gasteiger charge is 2.30. The standard InChI is InChI=1S/C22H21FN2O2S/c23-18-6-3-4-15(10-18)13-25-14-17(8-9-21(25)26)22(27)24-12-19-11-16-5-1-2-7-20(16)28-19/h1-7,10-11,17H,8-9,12-14H2,(H,24,27). The van der Waals surface area contributed by atoms with Crippen LogP contribution in [0.2, 0.25) is 0 Å². The maximum Gasteiger partial charge on any atom is 0.225 e. The van der Waals surface area contributed by atoms with Crippen LogP contribution >= 0.6 is 11.3 Å². The average molecular weight is 396 g/mol. The third-order valence-corrected chi connectivity index (χ3v) is 6.16. The lowest BCUT2D eigenvalue weighted by molar-refractivity contribution is -0.139. The summed E-state index contributed by atoms with van der Waals surface area (Å²) in [6.45, 7) is 1.19. The molecule has 2 heterocycles. The van der Waals surface area contributed by atoms with Gasteiger partial charge in [0.25, 0.3) is 0 Å². The van der Waals surface area contributed by atoms with Crippen LogP contribution < -0.4 is 5.32 Å². The first-order valence-electron chi connectivity index (χ1n) is 9.36. The topological polar surface area (TPSA) is 49.4 Å². The fourth-order valence-electron chi connectivity index (χ4n) is 3.58. The van der Waals surface area contributed by atoms with Crippen LogP contribution in [0.25, 0.3) is 10.1 Å². The summed E-state index contributed by atoms with van der Waals surface area (Å²) < 4.78 is 14.6. The number of nitrogens with zero attached hydrogens (tertiary/aromatic N) is 1. The molecule has 1 N–H and O–H groups in total. The van der Waals surface area contributed by atoms with E-state index in [9.17, 15) is 14.0 Å². The third kappa shape index (κ3) is 4.22. The van der Waals surface area contributed by atoms with Crippen LogP contribution in [0.15, 0.2) is 54.6 Å². The highest BCUT2D eigenvalue weighted by molar-refractivity contribution is 7.19. The Labute approximate surface area is 167 Å². The second-order valence-corrected chi connectivity index (χ2v) is 8.28. The Balaban J connectivity index is 1.36. The Kier molecular flexibility index (Phi) is 5.39. The van der Waals surface area contributed by atoms with E-state index in [1.54, 1.807) is 28.4 Å². The van der Waals surface area contributed by atoms with Crippen LogP contribution in [0.3, 0.4) is 0 Å². The van der Waals surface area contributed by atoms with Gasteiger partial charge in [-0.3, -0.25) is 9.59 Å². The predicted octanol–water partition coefficient (Wildman–Crippen LogP) is 4.10. The monoisotopic (exact) mass is 396 g/mol. The number of thiophene rings is 1. The summed E-state index contributed by atoms with van der Waals surface area (Å²) in [4.78, 5) is 27.6. The zero-order valence-corrected chi connectivity index (χ0v) is 16.2. The van der Waals surface area contributed by atoms with Crippen molar-refractivity contribution in [2.75, 3.05) is 6.54 Å². The van der Waals surface area contributed by atoms with Crippen molar-refractivity contribution in [3.05, 3.63) is 70.9 Å². The first-order chi connectivity index (χ1) is 13.6. The summed E-state index contributed by atoms with van der Waals surface area (Å²) in [6.07, 6.45) is 0.896. The molecular weight excluding hydrogens is 375 g/mol. The number of rotatable bonds is 5. The van der Waals surface area contributed by atoms with Crippen LogP contribution in [-0.4, -0.2) is 23.3 Å². The predicted molar refractivity (Wildman–Crippen MR) is 108 cm³/mol. The zero-order valence-electron chi connectivity index (χ0n) is 15.4. The lowest BCUT2D eigenvalue weighted by atomic mass is 9.96. The summed E-state index contributed by atoms with van der Waals surface area (Å²) >= 11 is 1.68. The van der Waals surface area contributed by atoms with Crippen molar-refractivity contribution in [3.63, 3.8) is 0 Å². The smallest absolute Gasteiger partial charge is 0.225 e. The number of benzene rings is 2. The molecule has 1 atom stereocenters. The average Bonchev–Trinajstić information content (AvgIpc) is 3.11. The Morgan fingerprint density at radius 1 is 1.18 bits per heavy atom. The molecule has 4 rings (SSSR count). The molecule has 3 aromatic rings. The van der Waals surface area contributed by atoms with Gasteiger partial charge in [0, 0.05) is 29.1 Å². The van der Waals surface area contributed by atoms with Crippen LogP contribution in [-0.2, 0) is 22.7 Å². The molecule has 1 unspecified atom stereocenters. The number of hydrogen-bond acceptors (Lipinski definition) is 3. The molecule has 1 aromatic heterocycles. The van der Waals surface area contributed by atoms with Crippen molar-refractivity contribution >= 4 is 33.2 Å². The summed E-state index contributed by atoms with van der Waals surface area (Å²) in [5.41, 5.74) is 0.736. The summed E-state index contributed by atoms with van der Waals surface area (Å²) in [7, 11) is 0. The number of carbonyl (C=O) groups excluding carboxylic acids is 2. The molecule has 1 aliphatic heterocycles. The molecule has 4 nitrogen and oxygen atoms in total. The zero-order chi connectivity index (χ0) is 19.5. The van der Waals surface area contributed by atoms with Gasteiger partial charge in [-0.1, -0.05) is 30.3 Å². The molecule has 1 aliphatic rings. The van der Waals surface area contributed by atoms with Crippen molar-refractivity contribution in [2.24, 2.45) is 5.92 Å². The molecule has 0 saturated carbocycles. The van der Waals surface area contributed by atoms with E-state index in [1.807, 2.05) is 12.1 Å². The normalized spacial score (nSPS) is 17.1. The van der Waals surface area contributed by atoms with Crippen molar-refractivity contribution in [1.29, 1.82) is 0 Å². The lowest BCUT2D eigenvalue weighted by Crippen LogP contribution is -2.45. The number of nitrogens with one attached hydrogen (secondary N) is 1. The Morgan fingerprint density at radius 2 is 2.04 bits per heavy atom. The van der Waals surface area contributed by atoms with Gasteiger partial charge in [0.05, 0.1) is 12.5 Å². The summed E-state index contributed by atoms with van der Waals surface area (Å²) in [5, 5.41) is 4.19. The van der Waals surface area contributed by atoms with Crippen molar-refractivity contribution in [1.82, 2.24) is 10.2 Å². The minimum absolute atomic E-state index is 0.0119. The highest BCUT2D eigenvalue weighted by atomic mass is 32.1. The van der Waals surface area contributed by atoms with Gasteiger partial charge >= 0.3 is 0 Å². The molecule has 2 amide bonds. The van der Waals surface area contributed by atoms with Gasteiger partial charge in [0.2, 0.25) is 11.8 Å². The van der Waals surface area contributed by atoms with E-state index in [1.165, 1.54) is 22.2 Å². The maximum atomic E-state index is 13.4. The van der Waals surface area contributed by atoms with Crippen molar-refractivity contribution in [3.8, 4) is 0 Å². The number of piperidine rings is 1. The Hall–Kier alpha value is -2.73. The molecule has 0 bridgehead atoms. The number of hydrogen-bond donors (Lipinski definition) is 1. The SMILES string of the molecule is O=C(NCc1cc2ccccc2s1)C1CCC(=O)N(Cc2cccc(F)c2)C1. The van der Waals surface area contributed by atoms with Gasteiger partial charge in [-0.25, -0.2) is 4.39 Å². The van der Waals surface area contributed by atoms with Crippen LogP contribution in [0.5, 0.6) is 0 Å². The Bertz CT molecular complexity index is 983. The van der Waals surface area contributed by atoms with Gasteiger partial charge in [-0.2, -0.15) is 0 Å². The molecule has 1 fully saturated rings. The Morgan fingerprint density at radius 3 is 2.86 bits per heavy atom. The van der Waals surface area contributed by atoms with E-state index in [2.05, 4.69) is 23.5 Å². The third-order valence-electron chi connectivity index (χ3n) is 5.05. The minimum atomic E-state index is -0.320. The van der Waals surface area contributed by atoms with E-state index in [-0.39, 0.29) is 23.5 Å². The van der Waals surface area contributed by atoms with Crippen molar-refractivity contribution in [2.45, 2.75) is 25.9 Å².